The zero-order valence-corrected chi connectivity index (χ0v) is 9.25. The van der Waals surface area contributed by atoms with Crippen LogP contribution in [0.1, 0.15) is 11.3 Å². The number of anilines is 2. The summed E-state index contributed by atoms with van der Waals surface area (Å²) in [6, 6.07) is 5.33. The third kappa shape index (κ3) is 2.73. The Morgan fingerprint density at radius 3 is 2.67 bits per heavy atom. The summed E-state index contributed by atoms with van der Waals surface area (Å²) in [6.07, 6.45) is -2.91. The summed E-state index contributed by atoms with van der Waals surface area (Å²) in [7, 11) is 0. The molecule has 0 aliphatic carbocycles. The number of hydrogen-bond donors (Lipinski definition) is 3. The molecule has 0 saturated carbocycles. The monoisotopic (exact) mass is 256 g/mol. The van der Waals surface area contributed by atoms with Crippen LogP contribution in [0.2, 0.25) is 0 Å². The van der Waals surface area contributed by atoms with Crippen LogP contribution in [0.15, 0.2) is 30.5 Å². The Labute approximate surface area is 101 Å². The summed E-state index contributed by atoms with van der Waals surface area (Å²) in [5.41, 5.74) is 5.36. The molecule has 1 heterocycles. The molecule has 18 heavy (non-hydrogen) atoms. The number of alkyl halides is 3. The van der Waals surface area contributed by atoms with Crippen molar-refractivity contribution in [3.63, 3.8) is 0 Å². The molecule has 1 aromatic heterocycles. The van der Waals surface area contributed by atoms with Crippen LogP contribution in [0.25, 0.3) is 0 Å². The molecule has 0 fully saturated rings. The lowest BCUT2D eigenvalue weighted by molar-refractivity contribution is -0.136. The summed E-state index contributed by atoms with van der Waals surface area (Å²) < 4.78 is 38.3. The van der Waals surface area contributed by atoms with Gasteiger partial charge in [0.05, 0.1) is 17.8 Å². The van der Waals surface area contributed by atoms with Gasteiger partial charge in [-0.25, -0.2) is 0 Å². The number of aromatic nitrogens is 2. The van der Waals surface area contributed by atoms with Crippen LogP contribution in [-0.4, -0.2) is 10.2 Å². The van der Waals surface area contributed by atoms with Crippen LogP contribution in [-0.2, 0) is 12.7 Å². The van der Waals surface area contributed by atoms with Gasteiger partial charge in [0.15, 0.2) is 0 Å². The number of nitrogens with two attached hydrogens (primary N) is 1. The van der Waals surface area contributed by atoms with Crippen LogP contribution in [0.5, 0.6) is 0 Å². The highest BCUT2D eigenvalue weighted by atomic mass is 19.4. The van der Waals surface area contributed by atoms with E-state index in [4.69, 9.17) is 5.73 Å². The molecular weight excluding hydrogens is 245 g/mol. The highest BCUT2D eigenvalue weighted by molar-refractivity contribution is 5.59. The molecule has 0 aliphatic heterocycles. The highest BCUT2D eigenvalue weighted by Gasteiger charge is 2.33. The first-order valence-electron chi connectivity index (χ1n) is 5.15. The van der Waals surface area contributed by atoms with Crippen LogP contribution in [0.4, 0.5) is 24.5 Å². The summed E-state index contributed by atoms with van der Waals surface area (Å²) in [4.78, 5) is 0. The molecule has 0 saturated heterocycles. The lowest BCUT2D eigenvalue weighted by Gasteiger charge is -2.14. The second-order valence-electron chi connectivity index (χ2n) is 3.74. The lowest BCUT2D eigenvalue weighted by atomic mass is 10.1. The quantitative estimate of drug-likeness (QED) is 0.739. The maximum Gasteiger partial charge on any atom is 0.418 e. The number of H-pyrrole nitrogens is 1. The molecule has 7 heteroatoms. The van der Waals surface area contributed by atoms with E-state index in [-0.39, 0.29) is 17.9 Å². The first-order chi connectivity index (χ1) is 8.47. The number of benzene rings is 1. The predicted molar refractivity (Wildman–Crippen MR) is 61.8 cm³/mol. The molecule has 0 spiro atoms. The van der Waals surface area contributed by atoms with E-state index in [2.05, 4.69) is 15.5 Å². The van der Waals surface area contributed by atoms with E-state index in [0.29, 0.717) is 5.69 Å². The topological polar surface area (TPSA) is 66.7 Å². The summed E-state index contributed by atoms with van der Waals surface area (Å²) in [6.45, 7) is 0.229. The maximum atomic E-state index is 12.8. The Hall–Kier alpha value is -2.18. The fourth-order valence-electron chi connectivity index (χ4n) is 1.52. The third-order valence-electron chi connectivity index (χ3n) is 2.38. The molecule has 0 atom stereocenters. The molecule has 2 aromatic rings. The minimum absolute atomic E-state index is 0.00806. The van der Waals surface area contributed by atoms with Crippen molar-refractivity contribution in [2.75, 3.05) is 11.1 Å². The van der Waals surface area contributed by atoms with Gasteiger partial charge in [-0.1, -0.05) is 0 Å². The van der Waals surface area contributed by atoms with E-state index in [9.17, 15) is 13.2 Å². The maximum absolute atomic E-state index is 12.8. The average molecular weight is 256 g/mol. The third-order valence-corrected chi connectivity index (χ3v) is 2.38. The minimum atomic E-state index is -4.44. The molecule has 0 radical (unpaired) electrons. The molecule has 0 bridgehead atoms. The van der Waals surface area contributed by atoms with Crippen molar-refractivity contribution >= 4 is 11.4 Å². The van der Waals surface area contributed by atoms with Crippen molar-refractivity contribution < 1.29 is 13.2 Å². The second kappa shape index (κ2) is 4.59. The van der Waals surface area contributed by atoms with Crippen LogP contribution >= 0.6 is 0 Å². The Morgan fingerprint density at radius 1 is 1.28 bits per heavy atom. The molecule has 1 aromatic carbocycles. The van der Waals surface area contributed by atoms with Crippen molar-refractivity contribution in [1.82, 2.24) is 10.2 Å². The molecule has 0 amide bonds. The highest BCUT2D eigenvalue weighted by Crippen LogP contribution is 2.36. The fraction of sp³-hybridized carbons (Fsp3) is 0.182. The normalized spacial score (nSPS) is 11.5. The first-order valence-corrected chi connectivity index (χ1v) is 5.15. The van der Waals surface area contributed by atoms with Gasteiger partial charge in [-0.3, -0.25) is 5.10 Å². The van der Waals surface area contributed by atoms with E-state index in [0.717, 1.165) is 6.07 Å². The Kier molecular flexibility index (Phi) is 3.14. The average Bonchev–Trinajstić information content (AvgIpc) is 2.79. The van der Waals surface area contributed by atoms with Gasteiger partial charge in [0, 0.05) is 17.6 Å². The standard InChI is InChI=1S/C11H11F3N4/c12-11(13,14)9-5-7(15)1-2-10(9)16-6-8-3-4-17-18-8/h1-5,16H,6,15H2,(H,17,18). The molecule has 96 valence electrons. The number of nitrogens with one attached hydrogen (secondary N) is 2. The second-order valence-corrected chi connectivity index (χ2v) is 3.74. The minimum Gasteiger partial charge on any atom is -0.399 e. The van der Waals surface area contributed by atoms with Crippen LogP contribution < -0.4 is 11.1 Å². The van der Waals surface area contributed by atoms with Gasteiger partial charge in [0.1, 0.15) is 0 Å². The Morgan fingerprint density at radius 2 is 2.06 bits per heavy atom. The molecule has 0 unspecified atom stereocenters. The van der Waals surface area contributed by atoms with Gasteiger partial charge in [0.2, 0.25) is 0 Å². The van der Waals surface area contributed by atoms with E-state index >= 15 is 0 Å². The molecule has 2 rings (SSSR count). The summed E-state index contributed by atoms with van der Waals surface area (Å²) >= 11 is 0. The summed E-state index contributed by atoms with van der Waals surface area (Å²) in [5.74, 6) is 0. The van der Waals surface area contributed by atoms with Gasteiger partial charge in [-0.15, -0.1) is 0 Å². The zero-order valence-electron chi connectivity index (χ0n) is 9.25. The van der Waals surface area contributed by atoms with Crippen molar-refractivity contribution in [2.24, 2.45) is 0 Å². The van der Waals surface area contributed by atoms with Crippen LogP contribution in [0, 0.1) is 0 Å². The van der Waals surface area contributed by atoms with Gasteiger partial charge in [0.25, 0.3) is 0 Å². The number of rotatable bonds is 3. The number of nitrogens with zero attached hydrogens (tertiary/aromatic N) is 1. The van der Waals surface area contributed by atoms with Crippen molar-refractivity contribution in [2.45, 2.75) is 12.7 Å². The first kappa shape index (κ1) is 12.3. The fourth-order valence-corrected chi connectivity index (χ4v) is 1.52. The van der Waals surface area contributed by atoms with E-state index in [1.165, 1.54) is 18.3 Å². The smallest absolute Gasteiger partial charge is 0.399 e. The summed E-state index contributed by atoms with van der Waals surface area (Å²) in [5, 5.41) is 9.07. The number of nitrogen functional groups attached to an aromatic ring is 1. The molecule has 0 aliphatic rings. The largest absolute Gasteiger partial charge is 0.418 e. The van der Waals surface area contributed by atoms with Gasteiger partial charge in [-0.05, 0) is 24.3 Å². The van der Waals surface area contributed by atoms with Gasteiger partial charge in [-0.2, -0.15) is 18.3 Å². The van der Waals surface area contributed by atoms with Crippen LogP contribution in [0.3, 0.4) is 0 Å². The van der Waals surface area contributed by atoms with Crippen molar-refractivity contribution in [3.8, 4) is 0 Å². The Balaban J connectivity index is 2.22. The predicted octanol–water partition coefficient (Wildman–Crippen LogP) is 2.62. The van der Waals surface area contributed by atoms with Crippen molar-refractivity contribution in [1.29, 1.82) is 0 Å². The van der Waals surface area contributed by atoms with E-state index in [1.807, 2.05) is 0 Å². The van der Waals surface area contributed by atoms with E-state index < -0.39 is 11.7 Å². The Bertz CT molecular complexity index is 520. The van der Waals surface area contributed by atoms with Gasteiger partial charge < -0.3 is 11.1 Å². The van der Waals surface area contributed by atoms with Gasteiger partial charge >= 0.3 is 6.18 Å². The zero-order chi connectivity index (χ0) is 13.2. The molecule has 4 nitrogen and oxygen atoms in total. The lowest BCUT2D eigenvalue weighted by Crippen LogP contribution is -2.11. The van der Waals surface area contributed by atoms with E-state index in [1.54, 1.807) is 6.07 Å². The number of aromatic amines is 1. The van der Waals surface area contributed by atoms with Crippen molar-refractivity contribution in [3.05, 3.63) is 41.7 Å². The molecular formula is C11H11F3N4. The number of hydrogen-bond acceptors (Lipinski definition) is 3. The number of halogens is 3. The molecule has 4 N–H and O–H groups in total. The SMILES string of the molecule is Nc1ccc(NCc2ccn[nH]2)c(C(F)(F)F)c1.